The Labute approximate surface area is 111 Å². The second kappa shape index (κ2) is 5.24. The third-order valence-electron chi connectivity index (χ3n) is 3.20. The van der Waals surface area contributed by atoms with E-state index in [1.54, 1.807) is 16.2 Å². The van der Waals surface area contributed by atoms with Gasteiger partial charge >= 0.3 is 6.03 Å². The summed E-state index contributed by atoms with van der Waals surface area (Å²) in [5.41, 5.74) is 1.03. The van der Waals surface area contributed by atoms with Gasteiger partial charge in [-0.1, -0.05) is 6.92 Å². The summed E-state index contributed by atoms with van der Waals surface area (Å²) in [4.78, 5) is 19.2. The topological polar surface area (TPSA) is 65.5 Å². The quantitative estimate of drug-likeness (QED) is 0.876. The van der Waals surface area contributed by atoms with Gasteiger partial charge in [0, 0.05) is 4.88 Å². The number of aliphatic hydroxyl groups is 1. The summed E-state index contributed by atoms with van der Waals surface area (Å²) in [6.45, 7) is 6.91. The van der Waals surface area contributed by atoms with Crippen molar-refractivity contribution in [3.63, 3.8) is 0 Å². The summed E-state index contributed by atoms with van der Waals surface area (Å²) in [6.07, 6.45) is 0.453. The molecule has 1 saturated heterocycles. The number of nitrogens with zero attached hydrogens (tertiary/aromatic N) is 2. The Morgan fingerprint density at radius 1 is 1.61 bits per heavy atom. The van der Waals surface area contributed by atoms with E-state index in [9.17, 15) is 9.90 Å². The van der Waals surface area contributed by atoms with Gasteiger partial charge in [-0.25, -0.2) is 9.78 Å². The van der Waals surface area contributed by atoms with E-state index in [0.29, 0.717) is 13.1 Å². The molecule has 100 valence electrons. The Kier molecular flexibility index (Phi) is 3.87. The van der Waals surface area contributed by atoms with E-state index >= 15 is 0 Å². The lowest BCUT2D eigenvalue weighted by Crippen LogP contribution is -2.57. The van der Waals surface area contributed by atoms with Crippen molar-refractivity contribution in [2.75, 3.05) is 13.1 Å². The lowest BCUT2D eigenvalue weighted by atomic mass is 10.2. The highest BCUT2D eigenvalue weighted by Gasteiger charge is 2.30. The van der Waals surface area contributed by atoms with E-state index in [0.717, 1.165) is 17.1 Å². The van der Waals surface area contributed by atoms with Crippen molar-refractivity contribution in [2.45, 2.75) is 39.3 Å². The number of amides is 2. The van der Waals surface area contributed by atoms with Crippen molar-refractivity contribution in [1.82, 2.24) is 15.2 Å². The number of aryl methyl sites for hydroxylation is 2. The number of hydrogen-bond donors (Lipinski definition) is 2. The molecule has 18 heavy (non-hydrogen) atoms. The van der Waals surface area contributed by atoms with Gasteiger partial charge in [-0.3, -0.25) is 0 Å². The molecule has 1 aromatic heterocycles. The maximum absolute atomic E-state index is 11.9. The van der Waals surface area contributed by atoms with Crippen LogP contribution in [0.4, 0.5) is 4.79 Å². The summed E-state index contributed by atoms with van der Waals surface area (Å²) >= 11 is 1.63. The van der Waals surface area contributed by atoms with Gasteiger partial charge in [0.1, 0.15) is 5.01 Å². The molecule has 6 heteroatoms. The van der Waals surface area contributed by atoms with Crippen LogP contribution in [0.25, 0.3) is 0 Å². The van der Waals surface area contributed by atoms with Crippen molar-refractivity contribution in [1.29, 1.82) is 0 Å². The van der Waals surface area contributed by atoms with Gasteiger partial charge in [0.2, 0.25) is 0 Å². The molecule has 0 aliphatic carbocycles. The van der Waals surface area contributed by atoms with Crippen LogP contribution >= 0.6 is 11.3 Å². The molecule has 0 unspecified atom stereocenters. The SMILES string of the molecule is CC[C@@H](NC(=O)N1CC(O)C1)c1nc(C)c(C)s1. The number of urea groups is 1. The molecule has 2 amide bonds. The minimum Gasteiger partial charge on any atom is -0.389 e. The number of nitrogens with one attached hydrogen (secondary N) is 1. The highest BCUT2D eigenvalue weighted by molar-refractivity contribution is 7.11. The average Bonchev–Trinajstić information content (AvgIpc) is 2.62. The molecule has 2 rings (SSSR count). The van der Waals surface area contributed by atoms with Crippen molar-refractivity contribution >= 4 is 17.4 Å². The van der Waals surface area contributed by atoms with Crippen LogP contribution in [-0.2, 0) is 0 Å². The lowest BCUT2D eigenvalue weighted by molar-refractivity contribution is 0.0257. The molecule has 1 atom stereocenters. The molecular weight excluding hydrogens is 250 g/mol. The van der Waals surface area contributed by atoms with Gasteiger partial charge in [-0.05, 0) is 20.3 Å². The minimum absolute atomic E-state index is 0.0346. The molecule has 1 aliphatic heterocycles. The van der Waals surface area contributed by atoms with Crippen molar-refractivity contribution in [3.05, 3.63) is 15.6 Å². The Balaban J connectivity index is 1.99. The molecule has 1 fully saturated rings. The smallest absolute Gasteiger partial charge is 0.318 e. The number of hydrogen-bond acceptors (Lipinski definition) is 4. The van der Waals surface area contributed by atoms with E-state index < -0.39 is 0 Å². The summed E-state index contributed by atoms with van der Waals surface area (Å²) in [5.74, 6) is 0. The van der Waals surface area contributed by atoms with E-state index in [2.05, 4.69) is 10.3 Å². The summed E-state index contributed by atoms with van der Waals surface area (Å²) in [6, 6.07) is -0.148. The first-order valence-corrected chi connectivity index (χ1v) is 7.00. The molecule has 0 bridgehead atoms. The normalized spacial score (nSPS) is 17.4. The fourth-order valence-electron chi connectivity index (χ4n) is 1.85. The van der Waals surface area contributed by atoms with Crippen LogP contribution in [-0.4, -0.2) is 40.2 Å². The van der Waals surface area contributed by atoms with Crippen LogP contribution in [0.15, 0.2) is 0 Å². The van der Waals surface area contributed by atoms with Crippen LogP contribution in [0, 0.1) is 13.8 Å². The Morgan fingerprint density at radius 3 is 2.72 bits per heavy atom. The molecule has 5 nitrogen and oxygen atoms in total. The average molecular weight is 269 g/mol. The fraction of sp³-hybridized carbons (Fsp3) is 0.667. The van der Waals surface area contributed by atoms with Gasteiger partial charge < -0.3 is 15.3 Å². The van der Waals surface area contributed by atoms with Crippen LogP contribution in [0.1, 0.15) is 35.0 Å². The zero-order valence-corrected chi connectivity index (χ0v) is 11.8. The Bertz CT molecular complexity index is 421. The summed E-state index contributed by atoms with van der Waals surface area (Å²) < 4.78 is 0. The molecule has 2 heterocycles. The molecule has 0 spiro atoms. The number of rotatable bonds is 3. The number of aliphatic hydroxyl groups excluding tert-OH is 1. The standard InChI is InChI=1S/C12H19N3O2S/c1-4-10(11-13-7(2)8(3)18-11)14-12(17)15-5-9(16)6-15/h9-10,16H,4-6H2,1-3H3,(H,14,17)/t10-/m1/s1. The highest BCUT2D eigenvalue weighted by Crippen LogP contribution is 2.25. The van der Waals surface area contributed by atoms with Crippen molar-refractivity contribution in [2.24, 2.45) is 0 Å². The number of likely N-dealkylation sites (tertiary alicyclic amines) is 1. The Hall–Kier alpha value is -1.14. The van der Waals surface area contributed by atoms with Gasteiger partial charge in [-0.2, -0.15) is 0 Å². The number of β-amino-alcohol motifs (C(OH)–C–C–N with tert-alkyl or cyclic N) is 1. The maximum atomic E-state index is 11.9. The first-order valence-electron chi connectivity index (χ1n) is 6.18. The maximum Gasteiger partial charge on any atom is 0.318 e. The van der Waals surface area contributed by atoms with Crippen LogP contribution in [0.3, 0.4) is 0 Å². The first kappa shape index (κ1) is 13.3. The Morgan fingerprint density at radius 2 is 2.28 bits per heavy atom. The number of carbonyl (C=O) groups is 1. The summed E-state index contributed by atoms with van der Waals surface area (Å²) in [7, 11) is 0. The van der Waals surface area contributed by atoms with E-state index in [1.165, 1.54) is 4.88 Å². The largest absolute Gasteiger partial charge is 0.389 e. The second-order valence-electron chi connectivity index (χ2n) is 4.66. The fourth-order valence-corrected chi connectivity index (χ4v) is 2.90. The molecule has 0 saturated carbocycles. The van der Waals surface area contributed by atoms with Crippen molar-refractivity contribution in [3.8, 4) is 0 Å². The van der Waals surface area contributed by atoms with Gasteiger partial charge in [0.25, 0.3) is 0 Å². The molecule has 0 radical (unpaired) electrons. The molecular formula is C12H19N3O2S. The number of thiazole rings is 1. The van der Waals surface area contributed by atoms with Crippen LogP contribution < -0.4 is 5.32 Å². The van der Waals surface area contributed by atoms with Crippen LogP contribution in [0.2, 0.25) is 0 Å². The monoisotopic (exact) mass is 269 g/mol. The summed E-state index contributed by atoms with van der Waals surface area (Å²) in [5, 5.41) is 13.1. The van der Waals surface area contributed by atoms with Crippen LogP contribution in [0.5, 0.6) is 0 Å². The van der Waals surface area contributed by atoms with E-state index in [1.807, 2.05) is 20.8 Å². The van der Waals surface area contributed by atoms with Gasteiger partial charge in [0.05, 0.1) is 30.9 Å². The van der Waals surface area contributed by atoms with E-state index in [4.69, 9.17) is 0 Å². The first-order chi connectivity index (χ1) is 8.51. The predicted octanol–water partition coefficient (Wildman–Crippen LogP) is 1.60. The third kappa shape index (κ3) is 2.64. The molecule has 1 aromatic rings. The predicted molar refractivity (Wildman–Crippen MR) is 70.7 cm³/mol. The molecule has 0 aromatic carbocycles. The van der Waals surface area contributed by atoms with Gasteiger partial charge in [0.15, 0.2) is 0 Å². The third-order valence-corrected chi connectivity index (χ3v) is 4.39. The van der Waals surface area contributed by atoms with E-state index in [-0.39, 0.29) is 18.2 Å². The second-order valence-corrected chi connectivity index (χ2v) is 5.90. The highest BCUT2D eigenvalue weighted by atomic mass is 32.1. The zero-order chi connectivity index (χ0) is 13.3. The zero-order valence-electron chi connectivity index (χ0n) is 10.9. The van der Waals surface area contributed by atoms with Crippen molar-refractivity contribution < 1.29 is 9.90 Å². The molecule has 2 N–H and O–H groups in total. The van der Waals surface area contributed by atoms with Gasteiger partial charge in [-0.15, -0.1) is 11.3 Å². The number of carbonyl (C=O) groups excluding carboxylic acids is 1. The lowest BCUT2D eigenvalue weighted by Gasteiger charge is -2.36. The number of aromatic nitrogens is 1. The molecule has 1 aliphatic rings. The minimum atomic E-state index is -0.361.